The zero-order valence-electron chi connectivity index (χ0n) is 4.89. The zero-order chi connectivity index (χ0) is 6.73. The third-order valence-electron chi connectivity index (χ3n) is 0.372. The first-order valence-corrected chi connectivity index (χ1v) is 1.85. The van der Waals surface area contributed by atoms with E-state index in [9.17, 15) is 9.18 Å². The van der Waals surface area contributed by atoms with Crippen LogP contribution in [0.5, 0.6) is 0 Å². The second-order valence-electron chi connectivity index (χ2n) is 1.18. The highest BCUT2D eigenvalue weighted by Gasteiger charge is 2.02. The van der Waals surface area contributed by atoms with E-state index >= 15 is 0 Å². The first-order valence-electron chi connectivity index (χ1n) is 2.42. The van der Waals surface area contributed by atoms with Crippen LogP contribution in [0.1, 0.15) is 14.7 Å². The van der Waals surface area contributed by atoms with Crippen molar-refractivity contribution >= 4 is 5.97 Å². The zero-order valence-corrected chi connectivity index (χ0v) is 3.89. The van der Waals surface area contributed by atoms with Crippen LogP contribution in [-0.2, 0) is 4.79 Å². The van der Waals surface area contributed by atoms with Gasteiger partial charge in [0.25, 0.3) is 0 Å². The summed E-state index contributed by atoms with van der Waals surface area (Å²) in [6.07, 6.45) is -3.22. The molecule has 0 heterocycles. The Kier molecular flexibility index (Phi) is 1.66. The van der Waals surface area contributed by atoms with Gasteiger partial charge >= 0.3 is 5.97 Å². The summed E-state index contributed by atoms with van der Waals surface area (Å²) in [6.45, 7) is 1.05. The van der Waals surface area contributed by atoms with E-state index in [0.29, 0.717) is 0 Å². The molecule has 0 aromatic carbocycles. The third kappa shape index (κ3) is 5.40. The number of carboxylic acid groups (broad SMARTS) is 1. The van der Waals surface area contributed by atoms with Gasteiger partial charge in [-0.2, -0.15) is 0 Å². The number of hydrogen-bond acceptors (Lipinski definition) is 1. The fourth-order valence-electron chi connectivity index (χ4n) is 0.196. The number of aliphatic carboxylic acids is 1. The Hall–Kier alpha value is -0.600. The minimum Gasteiger partial charge on any atom is -0.481 e. The number of carbonyl (C=O) groups is 1. The van der Waals surface area contributed by atoms with E-state index in [1.807, 2.05) is 0 Å². The molecule has 0 aliphatic rings. The summed E-state index contributed by atoms with van der Waals surface area (Å²) < 4.78 is 18.3. The molecule has 42 valence electrons. The first-order chi connectivity index (χ1) is 3.55. The van der Waals surface area contributed by atoms with Crippen LogP contribution in [0.15, 0.2) is 0 Å². The van der Waals surface area contributed by atoms with Gasteiger partial charge in [-0.05, 0) is 6.92 Å². The molecular weight excluding hydrogens is 99.0 g/mol. The van der Waals surface area contributed by atoms with E-state index in [1.165, 1.54) is 0 Å². The smallest absolute Gasteiger partial charge is 0.306 e. The number of hydrogen-bond donors (Lipinski definition) is 1. The Morgan fingerprint density at radius 3 is 2.71 bits per heavy atom. The van der Waals surface area contributed by atoms with Gasteiger partial charge in [0.1, 0.15) is 6.17 Å². The molecule has 2 unspecified atom stereocenters. The van der Waals surface area contributed by atoms with Crippen LogP contribution in [0.4, 0.5) is 4.39 Å². The molecule has 0 aromatic heterocycles. The molecule has 0 bridgehead atoms. The molecule has 0 spiro atoms. The second-order valence-corrected chi connectivity index (χ2v) is 1.18. The average molecular weight is 108 g/mol. The Morgan fingerprint density at radius 2 is 2.71 bits per heavy atom. The van der Waals surface area contributed by atoms with Crippen LogP contribution in [0, 0.1) is 0 Å². The molecule has 7 heavy (non-hydrogen) atoms. The van der Waals surface area contributed by atoms with Crippen LogP contribution in [0.3, 0.4) is 0 Å². The Balaban J connectivity index is 3.64. The van der Waals surface area contributed by atoms with Crippen molar-refractivity contribution in [2.45, 2.75) is 19.5 Å². The molecular formula is C4H7FO2. The molecule has 3 heteroatoms. The van der Waals surface area contributed by atoms with E-state index in [0.717, 1.165) is 6.92 Å². The van der Waals surface area contributed by atoms with Crippen molar-refractivity contribution in [1.82, 2.24) is 0 Å². The maximum atomic E-state index is 11.8. The highest BCUT2D eigenvalue weighted by atomic mass is 19.1. The molecule has 0 aliphatic carbocycles. The molecule has 0 amide bonds. The minimum absolute atomic E-state index is 1.05. The van der Waals surface area contributed by atoms with E-state index < -0.39 is 18.5 Å². The summed E-state index contributed by atoms with van der Waals surface area (Å²) in [5, 5.41) is 7.92. The fraction of sp³-hybridized carbons (Fsp3) is 0.750. The van der Waals surface area contributed by atoms with Crippen molar-refractivity contribution in [3.8, 4) is 0 Å². The van der Waals surface area contributed by atoms with Gasteiger partial charge in [-0.25, -0.2) is 4.39 Å². The lowest BCUT2D eigenvalue weighted by Crippen LogP contribution is -2.02. The summed E-state index contributed by atoms with van der Waals surface area (Å²) in [5.41, 5.74) is 0. The summed E-state index contributed by atoms with van der Waals surface area (Å²) >= 11 is 0. The topological polar surface area (TPSA) is 37.3 Å². The van der Waals surface area contributed by atoms with Gasteiger partial charge < -0.3 is 5.11 Å². The molecule has 0 rings (SSSR count). The second kappa shape index (κ2) is 2.55. The predicted molar refractivity (Wildman–Crippen MR) is 22.8 cm³/mol. The first kappa shape index (κ1) is 4.56. The molecule has 1 N–H and O–H groups in total. The van der Waals surface area contributed by atoms with Crippen molar-refractivity contribution in [2.75, 3.05) is 0 Å². The monoisotopic (exact) mass is 108 g/mol. The molecule has 0 saturated carbocycles. The van der Waals surface area contributed by atoms with Gasteiger partial charge in [0, 0.05) is 1.37 Å². The molecule has 0 fully saturated rings. The van der Waals surface area contributed by atoms with Crippen LogP contribution in [0.25, 0.3) is 0 Å². The molecule has 2 nitrogen and oxygen atoms in total. The molecule has 0 aromatic rings. The van der Waals surface area contributed by atoms with Crippen molar-refractivity contribution in [3.05, 3.63) is 0 Å². The Morgan fingerprint density at radius 1 is 2.29 bits per heavy atom. The largest absolute Gasteiger partial charge is 0.481 e. The van der Waals surface area contributed by atoms with Gasteiger partial charge in [0.15, 0.2) is 0 Å². The maximum Gasteiger partial charge on any atom is 0.306 e. The number of carboxylic acids is 1. The average Bonchev–Trinajstić information content (AvgIpc) is 1.64. The molecule has 0 aliphatic heterocycles. The van der Waals surface area contributed by atoms with Crippen LogP contribution >= 0.6 is 0 Å². The van der Waals surface area contributed by atoms with Gasteiger partial charge in [-0.1, -0.05) is 0 Å². The fourth-order valence-corrected chi connectivity index (χ4v) is 0.196. The van der Waals surface area contributed by atoms with Crippen molar-refractivity contribution in [3.63, 3.8) is 0 Å². The van der Waals surface area contributed by atoms with E-state index in [2.05, 4.69) is 0 Å². The molecule has 0 radical (unpaired) electrons. The summed E-state index contributed by atoms with van der Waals surface area (Å²) in [4.78, 5) is 9.71. The van der Waals surface area contributed by atoms with E-state index in [-0.39, 0.29) is 0 Å². The summed E-state index contributed by atoms with van der Waals surface area (Å²) in [7, 11) is 0. The summed E-state index contributed by atoms with van der Waals surface area (Å²) in [6, 6.07) is 0. The van der Waals surface area contributed by atoms with Gasteiger partial charge in [0.2, 0.25) is 0 Å². The minimum atomic E-state index is -1.63. The van der Waals surface area contributed by atoms with Gasteiger partial charge in [-0.3, -0.25) is 4.79 Å². The SMILES string of the molecule is [3H]C(C(=O)O)C(C)F. The predicted octanol–water partition coefficient (Wildman–Crippen LogP) is 0.819. The van der Waals surface area contributed by atoms with Crippen LogP contribution < -0.4 is 0 Å². The molecule has 2 atom stereocenters. The molecule has 0 saturated heterocycles. The van der Waals surface area contributed by atoms with Crippen LogP contribution in [0.2, 0.25) is 0 Å². The number of rotatable bonds is 2. The van der Waals surface area contributed by atoms with E-state index in [1.54, 1.807) is 0 Å². The van der Waals surface area contributed by atoms with Crippen molar-refractivity contribution in [2.24, 2.45) is 0 Å². The number of halogens is 1. The standard InChI is InChI=1S/C4H7FO2/c1-3(5)2-4(6)7/h3H,2H2,1H3,(H,6,7)/i2T. The van der Waals surface area contributed by atoms with Crippen molar-refractivity contribution < 1.29 is 15.7 Å². The quantitative estimate of drug-likeness (QED) is 0.568. The van der Waals surface area contributed by atoms with Gasteiger partial charge in [-0.15, -0.1) is 0 Å². The maximum absolute atomic E-state index is 11.8. The van der Waals surface area contributed by atoms with Gasteiger partial charge in [0.05, 0.1) is 6.40 Å². The highest BCUT2D eigenvalue weighted by Crippen LogP contribution is 1.92. The lowest BCUT2D eigenvalue weighted by Gasteiger charge is -1.90. The van der Waals surface area contributed by atoms with E-state index in [4.69, 9.17) is 6.48 Å². The Labute approximate surface area is 42.4 Å². The normalized spacial score (nSPS) is 20.0. The lowest BCUT2D eigenvalue weighted by molar-refractivity contribution is -0.138. The lowest BCUT2D eigenvalue weighted by atomic mass is 10.3. The summed E-state index contributed by atoms with van der Waals surface area (Å²) in [5.74, 6) is -1.42. The third-order valence-corrected chi connectivity index (χ3v) is 0.372. The Bertz CT molecular complexity index is 94.0. The number of alkyl halides is 1. The van der Waals surface area contributed by atoms with Crippen molar-refractivity contribution in [1.29, 1.82) is 0 Å². The highest BCUT2D eigenvalue weighted by molar-refractivity contribution is 5.67. The van der Waals surface area contributed by atoms with Crippen LogP contribution in [-0.4, -0.2) is 17.2 Å².